The number of benzene rings is 1. The van der Waals surface area contributed by atoms with E-state index in [0.717, 1.165) is 25.5 Å². The molecule has 5 nitrogen and oxygen atoms in total. The van der Waals surface area contributed by atoms with Gasteiger partial charge in [0, 0.05) is 25.7 Å². The molecule has 5 heteroatoms. The molecule has 2 saturated heterocycles. The first kappa shape index (κ1) is 17.3. The predicted molar refractivity (Wildman–Crippen MR) is 103 cm³/mol. The van der Waals surface area contributed by atoms with E-state index < -0.39 is 0 Å². The number of anilines is 1. The Labute approximate surface area is 156 Å². The zero-order valence-electron chi connectivity index (χ0n) is 15.6. The number of hydrogen-bond acceptors (Lipinski definition) is 5. The van der Waals surface area contributed by atoms with Gasteiger partial charge in [-0.15, -0.1) is 0 Å². The van der Waals surface area contributed by atoms with E-state index in [-0.39, 0.29) is 0 Å². The van der Waals surface area contributed by atoms with Crippen molar-refractivity contribution in [2.24, 2.45) is 5.92 Å². The van der Waals surface area contributed by atoms with Gasteiger partial charge in [-0.1, -0.05) is 30.3 Å². The average molecular weight is 352 g/mol. The van der Waals surface area contributed by atoms with E-state index in [9.17, 15) is 0 Å². The lowest BCUT2D eigenvalue weighted by Crippen LogP contribution is -2.53. The van der Waals surface area contributed by atoms with Crippen LogP contribution in [-0.4, -0.2) is 47.2 Å². The molecule has 4 rings (SSSR count). The van der Waals surface area contributed by atoms with Crippen molar-refractivity contribution >= 4 is 5.82 Å². The van der Waals surface area contributed by atoms with Gasteiger partial charge >= 0.3 is 0 Å². The van der Waals surface area contributed by atoms with Crippen LogP contribution < -0.4 is 9.64 Å². The molecule has 0 amide bonds. The number of rotatable bonds is 5. The smallest absolute Gasteiger partial charge is 0.234 e. The van der Waals surface area contributed by atoms with Crippen molar-refractivity contribution in [2.75, 3.05) is 31.1 Å². The largest absolute Gasteiger partial charge is 0.477 e. The van der Waals surface area contributed by atoms with Gasteiger partial charge in [0.25, 0.3) is 0 Å². The van der Waals surface area contributed by atoms with Crippen LogP contribution >= 0.6 is 0 Å². The van der Waals surface area contributed by atoms with Crippen LogP contribution in [-0.2, 0) is 6.54 Å². The van der Waals surface area contributed by atoms with Crippen LogP contribution in [0.25, 0.3) is 0 Å². The summed E-state index contributed by atoms with van der Waals surface area (Å²) in [6, 6.07) is 11.6. The third-order valence-corrected chi connectivity index (χ3v) is 5.63. The fraction of sp³-hybridized carbons (Fsp3) is 0.524. The van der Waals surface area contributed by atoms with Crippen LogP contribution in [0.1, 0.15) is 31.7 Å². The van der Waals surface area contributed by atoms with Gasteiger partial charge in [0.15, 0.2) is 5.82 Å². The molecule has 0 aliphatic carbocycles. The zero-order chi connectivity index (χ0) is 17.8. The van der Waals surface area contributed by atoms with Gasteiger partial charge in [0.05, 0.1) is 19.0 Å². The number of fused-ring (bicyclic) bond motifs is 1. The summed E-state index contributed by atoms with van der Waals surface area (Å²) in [4.78, 5) is 14.0. The molecule has 1 aromatic heterocycles. The summed E-state index contributed by atoms with van der Waals surface area (Å²) in [6.45, 7) is 6.99. The van der Waals surface area contributed by atoms with E-state index in [1.165, 1.54) is 31.4 Å². The van der Waals surface area contributed by atoms with Crippen molar-refractivity contribution in [3.8, 4) is 5.88 Å². The minimum absolute atomic E-state index is 0.622. The molecule has 3 heterocycles. The van der Waals surface area contributed by atoms with Crippen molar-refractivity contribution in [1.29, 1.82) is 0 Å². The summed E-state index contributed by atoms with van der Waals surface area (Å²) in [5.74, 6) is 2.29. The van der Waals surface area contributed by atoms with Gasteiger partial charge in [-0.2, -0.15) is 4.98 Å². The Bertz CT molecular complexity index is 708. The molecule has 2 atom stereocenters. The number of nitrogens with zero attached hydrogens (tertiary/aromatic N) is 4. The number of hydrogen-bond donors (Lipinski definition) is 0. The predicted octanol–water partition coefficient (Wildman–Crippen LogP) is 3.37. The summed E-state index contributed by atoms with van der Waals surface area (Å²) in [5, 5.41) is 0. The highest BCUT2D eigenvalue weighted by molar-refractivity contribution is 5.38. The summed E-state index contributed by atoms with van der Waals surface area (Å²) >= 11 is 0. The van der Waals surface area contributed by atoms with Gasteiger partial charge in [0.2, 0.25) is 5.88 Å². The fourth-order valence-corrected chi connectivity index (χ4v) is 4.44. The quantitative estimate of drug-likeness (QED) is 0.825. The van der Waals surface area contributed by atoms with Crippen molar-refractivity contribution in [3.05, 3.63) is 48.3 Å². The summed E-state index contributed by atoms with van der Waals surface area (Å²) < 4.78 is 5.52. The molecule has 0 spiro atoms. The Balaban J connectivity index is 1.43. The molecule has 0 bridgehead atoms. The van der Waals surface area contributed by atoms with Crippen molar-refractivity contribution in [3.63, 3.8) is 0 Å². The normalized spacial score (nSPS) is 23.5. The van der Waals surface area contributed by atoms with E-state index in [1.54, 1.807) is 6.20 Å². The molecule has 2 aliphatic heterocycles. The summed E-state index contributed by atoms with van der Waals surface area (Å²) in [6.07, 6.45) is 7.35. The summed E-state index contributed by atoms with van der Waals surface area (Å²) in [5.41, 5.74) is 1.42. The molecule has 1 aromatic carbocycles. The van der Waals surface area contributed by atoms with Crippen molar-refractivity contribution in [2.45, 2.75) is 38.8 Å². The number of ether oxygens (including phenoxy) is 1. The van der Waals surface area contributed by atoms with E-state index >= 15 is 0 Å². The van der Waals surface area contributed by atoms with Crippen LogP contribution in [0, 0.1) is 5.92 Å². The molecule has 2 aliphatic rings. The maximum Gasteiger partial charge on any atom is 0.234 e. The molecule has 0 N–H and O–H groups in total. The molecule has 138 valence electrons. The first-order valence-corrected chi connectivity index (χ1v) is 9.81. The Morgan fingerprint density at radius 2 is 2.00 bits per heavy atom. The highest BCUT2D eigenvalue weighted by Gasteiger charge is 2.36. The maximum absolute atomic E-state index is 5.52. The summed E-state index contributed by atoms with van der Waals surface area (Å²) in [7, 11) is 0. The molecule has 0 saturated carbocycles. The molecule has 2 unspecified atom stereocenters. The lowest BCUT2D eigenvalue weighted by atomic mass is 9.83. The van der Waals surface area contributed by atoms with E-state index in [1.807, 2.05) is 13.1 Å². The SMILES string of the molecule is CCOc1cncc(N2CCC3C(CCCN3Cc3ccccc3)C2)n1. The highest BCUT2D eigenvalue weighted by Crippen LogP contribution is 2.33. The lowest BCUT2D eigenvalue weighted by Gasteiger charge is -2.47. The fourth-order valence-electron chi connectivity index (χ4n) is 4.44. The van der Waals surface area contributed by atoms with Crippen molar-refractivity contribution in [1.82, 2.24) is 14.9 Å². The third kappa shape index (κ3) is 3.83. The Morgan fingerprint density at radius 1 is 1.12 bits per heavy atom. The Kier molecular flexibility index (Phi) is 5.34. The molecule has 2 aromatic rings. The minimum atomic E-state index is 0.622. The second-order valence-corrected chi connectivity index (χ2v) is 7.31. The average Bonchev–Trinajstić information content (AvgIpc) is 2.69. The van der Waals surface area contributed by atoms with Gasteiger partial charge < -0.3 is 9.64 Å². The van der Waals surface area contributed by atoms with Crippen LogP contribution in [0.3, 0.4) is 0 Å². The zero-order valence-corrected chi connectivity index (χ0v) is 15.6. The van der Waals surface area contributed by atoms with Gasteiger partial charge in [-0.3, -0.25) is 9.88 Å². The van der Waals surface area contributed by atoms with Crippen LogP contribution in [0.5, 0.6) is 5.88 Å². The second kappa shape index (κ2) is 8.04. The molecule has 2 fully saturated rings. The first-order chi connectivity index (χ1) is 12.8. The molecule has 26 heavy (non-hydrogen) atoms. The monoisotopic (exact) mass is 352 g/mol. The minimum Gasteiger partial charge on any atom is -0.477 e. The van der Waals surface area contributed by atoms with Gasteiger partial charge in [-0.05, 0) is 44.2 Å². The first-order valence-electron chi connectivity index (χ1n) is 9.81. The van der Waals surface area contributed by atoms with Crippen molar-refractivity contribution < 1.29 is 4.74 Å². The standard InChI is InChI=1S/C21H28N4O/c1-2-26-21-14-22-13-20(23-21)25-12-10-19-18(16-25)9-6-11-24(19)15-17-7-4-3-5-8-17/h3-5,7-8,13-14,18-19H,2,6,9-12,15-16H2,1H3. The number of likely N-dealkylation sites (tertiary alicyclic amines) is 1. The van der Waals surface area contributed by atoms with Gasteiger partial charge in [-0.25, -0.2) is 0 Å². The van der Waals surface area contributed by atoms with Crippen LogP contribution in [0.15, 0.2) is 42.7 Å². The molecular weight excluding hydrogens is 324 g/mol. The second-order valence-electron chi connectivity index (χ2n) is 7.31. The van der Waals surface area contributed by atoms with Gasteiger partial charge in [0.1, 0.15) is 0 Å². The number of piperidine rings is 2. The third-order valence-electron chi connectivity index (χ3n) is 5.63. The van der Waals surface area contributed by atoms with Crippen LogP contribution in [0.2, 0.25) is 0 Å². The van der Waals surface area contributed by atoms with Crippen LogP contribution in [0.4, 0.5) is 5.82 Å². The molecule has 0 radical (unpaired) electrons. The topological polar surface area (TPSA) is 41.5 Å². The number of aromatic nitrogens is 2. The maximum atomic E-state index is 5.52. The Morgan fingerprint density at radius 3 is 2.85 bits per heavy atom. The van der Waals surface area contributed by atoms with E-state index in [0.29, 0.717) is 24.4 Å². The Hall–Kier alpha value is -2.14. The lowest BCUT2D eigenvalue weighted by molar-refractivity contribution is 0.0700. The van der Waals surface area contributed by atoms with E-state index in [4.69, 9.17) is 4.74 Å². The molecular formula is C21H28N4O. The van der Waals surface area contributed by atoms with E-state index in [2.05, 4.69) is 50.1 Å². The highest BCUT2D eigenvalue weighted by atomic mass is 16.5.